The van der Waals surface area contributed by atoms with E-state index in [9.17, 15) is 9.59 Å². The normalized spacial score (nSPS) is 11.4. The van der Waals surface area contributed by atoms with E-state index < -0.39 is 17.9 Å². The monoisotopic (exact) mass is 294 g/mol. The van der Waals surface area contributed by atoms with Crippen LogP contribution in [-0.2, 0) is 9.59 Å². The van der Waals surface area contributed by atoms with Gasteiger partial charge in [-0.2, -0.15) is 5.26 Å². The van der Waals surface area contributed by atoms with E-state index in [0.29, 0.717) is 5.69 Å². The van der Waals surface area contributed by atoms with Gasteiger partial charge in [0.2, 0.25) is 0 Å². The largest absolute Gasteiger partial charge is 0.481 e. The third kappa shape index (κ3) is 4.82. The van der Waals surface area contributed by atoms with Crippen LogP contribution >= 0.6 is 11.8 Å². The summed E-state index contributed by atoms with van der Waals surface area (Å²) in [5.41, 5.74) is 0.614. The van der Waals surface area contributed by atoms with Crippen molar-refractivity contribution in [2.24, 2.45) is 5.92 Å². The molecule has 106 valence electrons. The highest BCUT2D eigenvalue weighted by Gasteiger charge is 2.18. The van der Waals surface area contributed by atoms with Crippen LogP contribution in [0.4, 0.5) is 5.69 Å². The Morgan fingerprint density at radius 1 is 1.35 bits per heavy atom. The summed E-state index contributed by atoms with van der Waals surface area (Å²) < 4.78 is 0. The van der Waals surface area contributed by atoms with Crippen molar-refractivity contribution in [3.05, 3.63) is 24.3 Å². The number of carboxylic acids is 2. The number of thioether (sulfide) groups is 1. The van der Waals surface area contributed by atoms with Crippen LogP contribution in [-0.4, -0.2) is 35.2 Å². The van der Waals surface area contributed by atoms with Crippen LogP contribution in [0.3, 0.4) is 0 Å². The number of anilines is 1. The minimum Gasteiger partial charge on any atom is -0.481 e. The Hall–Kier alpha value is -2.20. The summed E-state index contributed by atoms with van der Waals surface area (Å²) in [6.45, 7) is 1.35. The fourth-order valence-corrected chi connectivity index (χ4v) is 1.99. The Morgan fingerprint density at radius 2 is 1.95 bits per heavy atom. The first-order chi connectivity index (χ1) is 9.43. The number of nitrogens with zero attached hydrogens (tertiary/aromatic N) is 2. The van der Waals surface area contributed by atoms with Crippen molar-refractivity contribution in [2.75, 3.05) is 18.0 Å². The molecule has 0 radical (unpaired) electrons. The molecule has 0 aliphatic heterocycles. The quantitative estimate of drug-likeness (QED) is 0.584. The maximum Gasteiger partial charge on any atom is 0.323 e. The van der Waals surface area contributed by atoms with E-state index in [1.165, 1.54) is 11.8 Å². The van der Waals surface area contributed by atoms with Crippen molar-refractivity contribution in [1.82, 2.24) is 0 Å². The second kappa shape index (κ2) is 7.40. The predicted molar refractivity (Wildman–Crippen MR) is 74.6 cm³/mol. The zero-order valence-electron chi connectivity index (χ0n) is 10.8. The summed E-state index contributed by atoms with van der Waals surface area (Å²) in [4.78, 5) is 24.0. The number of thiocyanates is 1. The molecule has 1 unspecified atom stereocenters. The number of hydrogen-bond acceptors (Lipinski definition) is 5. The number of carbonyl (C=O) groups is 2. The molecule has 1 aromatic carbocycles. The van der Waals surface area contributed by atoms with Gasteiger partial charge in [-0.3, -0.25) is 9.59 Å². The van der Waals surface area contributed by atoms with Crippen molar-refractivity contribution in [2.45, 2.75) is 11.8 Å². The number of aliphatic carboxylic acids is 2. The first-order valence-electron chi connectivity index (χ1n) is 5.79. The molecular formula is C13H14N2O4S. The van der Waals surface area contributed by atoms with Gasteiger partial charge in [-0.05, 0) is 36.0 Å². The van der Waals surface area contributed by atoms with Crippen molar-refractivity contribution in [3.8, 4) is 5.40 Å². The van der Waals surface area contributed by atoms with Gasteiger partial charge in [0.05, 0.1) is 5.92 Å². The summed E-state index contributed by atoms with van der Waals surface area (Å²) in [7, 11) is 0. The topological polar surface area (TPSA) is 102 Å². The van der Waals surface area contributed by atoms with E-state index in [1.54, 1.807) is 24.3 Å². The van der Waals surface area contributed by atoms with Gasteiger partial charge in [0.1, 0.15) is 11.9 Å². The van der Waals surface area contributed by atoms with E-state index >= 15 is 0 Å². The fourth-order valence-electron chi connectivity index (χ4n) is 1.61. The highest BCUT2D eigenvalue weighted by molar-refractivity contribution is 8.03. The van der Waals surface area contributed by atoms with Gasteiger partial charge in [-0.15, -0.1) is 0 Å². The summed E-state index contributed by atoms with van der Waals surface area (Å²) in [6, 6.07) is 6.75. The molecule has 0 fully saturated rings. The van der Waals surface area contributed by atoms with Crippen molar-refractivity contribution in [1.29, 1.82) is 5.26 Å². The minimum absolute atomic E-state index is 0.104. The summed E-state index contributed by atoms with van der Waals surface area (Å²) in [5, 5.41) is 28.3. The molecule has 0 saturated heterocycles. The standard InChI is InChI=1S/C13H14N2O4S/c1-9(13(18)19)6-15(7-12(16)17)10-2-4-11(5-3-10)20-8-14/h2-5,9H,6-7H2,1H3,(H,16,17)(H,18,19). The molecule has 0 aliphatic rings. The SMILES string of the molecule is CC(CN(CC(=O)O)c1ccc(SC#N)cc1)C(=O)O. The van der Waals surface area contributed by atoms with Crippen LogP contribution in [0.2, 0.25) is 0 Å². The molecule has 1 atom stereocenters. The number of nitriles is 1. The molecule has 1 aromatic rings. The van der Waals surface area contributed by atoms with E-state index in [0.717, 1.165) is 16.7 Å². The first-order valence-corrected chi connectivity index (χ1v) is 6.61. The average Bonchev–Trinajstić information content (AvgIpc) is 2.38. The highest BCUT2D eigenvalue weighted by atomic mass is 32.2. The molecule has 0 saturated carbocycles. The molecular weight excluding hydrogens is 280 g/mol. The zero-order valence-corrected chi connectivity index (χ0v) is 11.6. The van der Waals surface area contributed by atoms with Crippen molar-refractivity contribution < 1.29 is 19.8 Å². The minimum atomic E-state index is -1.03. The lowest BCUT2D eigenvalue weighted by atomic mass is 10.1. The number of hydrogen-bond donors (Lipinski definition) is 2. The molecule has 0 spiro atoms. The van der Waals surface area contributed by atoms with Gasteiger partial charge in [0.25, 0.3) is 0 Å². The lowest BCUT2D eigenvalue weighted by molar-refractivity contribution is -0.141. The Labute approximate surface area is 120 Å². The second-order valence-corrected chi connectivity index (χ2v) is 5.06. The fraction of sp³-hybridized carbons (Fsp3) is 0.308. The van der Waals surface area contributed by atoms with Crippen LogP contribution in [0.1, 0.15) is 6.92 Å². The van der Waals surface area contributed by atoms with Crippen LogP contribution in [0.15, 0.2) is 29.2 Å². The summed E-state index contributed by atoms with van der Waals surface area (Å²) in [5.74, 6) is -2.68. The molecule has 2 N–H and O–H groups in total. The maximum atomic E-state index is 10.9. The van der Waals surface area contributed by atoms with Gasteiger partial charge in [0, 0.05) is 17.1 Å². The van der Waals surface area contributed by atoms with Crippen LogP contribution in [0.5, 0.6) is 0 Å². The molecule has 0 aromatic heterocycles. The van der Waals surface area contributed by atoms with Gasteiger partial charge in [-0.1, -0.05) is 6.92 Å². The maximum absolute atomic E-state index is 10.9. The Kier molecular flexibility index (Phi) is 5.87. The molecule has 7 heteroatoms. The number of carboxylic acid groups (broad SMARTS) is 2. The molecule has 0 aliphatic carbocycles. The second-order valence-electron chi connectivity index (χ2n) is 4.20. The van der Waals surface area contributed by atoms with Crippen LogP contribution in [0.25, 0.3) is 0 Å². The number of rotatable bonds is 7. The Bertz CT molecular complexity index is 524. The van der Waals surface area contributed by atoms with Gasteiger partial charge < -0.3 is 15.1 Å². The third-order valence-corrected chi connectivity index (χ3v) is 3.21. The smallest absolute Gasteiger partial charge is 0.323 e. The summed E-state index contributed by atoms with van der Waals surface area (Å²) >= 11 is 1.00. The number of benzene rings is 1. The average molecular weight is 294 g/mol. The van der Waals surface area contributed by atoms with Gasteiger partial charge >= 0.3 is 11.9 Å². The molecule has 6 nitrogen and oxygen atoms in total. The Balaban J connectivity index is 2.89. The predicted octanol–water partition coefficient (Wildman–Crippen LogP) is 1.87. The van der Waals surface area contributed by atoms with E-state index in [2.05, 4.69) is 0 Å². The first kappa shape index (κ1) is 15.9. The third-order valence-electron chi connectivity index (χ3n) is 2.61. The van der Waals surface area contributed by atoms with Crippen LogP contribution in [0, 0.1) is 16.6 Å². The highest BCUT2D eigenvalue weighted by Crippen LogP contribution is 2.22. The lowest BCUT2D eigenvalue weighted by Crippen LogP contribution is -2.35. The van der Waals surface area contributed by atoms with Crippen molar-refractivity contribution in [3.63, 3.8) is 0 Å². The molecule has 0 amide bonds. The van der Waals surface area contributed by atoms with E-state index in [4.69, 9.17) is 15.5 Å². The molecule has 0 heterocycles. The molecule has 1 rings (SSSR count). The Morgan fingerprint density at radius 3 is 2.40 bits per heavy atom. The molecule has 0 bridgehead atoms. The van der Waals surface area contributed by atoms with E-state index in [1.807, 2.05) is 5.40 Å². The van der Waals surface area contributed by atoms with E-state index in [-0.39, 0.29) is 13.1 Å². The van der Waals surface area contributed by atoms with Crippen LogP contribution < -0.4 is 4.90 Å². The summed E-state index contributed by atoms with van der Waals surface area (Å²) in [6.07, 6.45) is 0. The lowest BCUT2D eigenvalue weighted by Gasteiger charge is -2.24. The molecule has 20 heavy (non-hydrogen) atoms. The zero-order chi connectivity index (χ0) is 15.1. The van der Waals surface area contributed by atoms with Crippen molar-refractivity contribution >= 4 is 29.4 Å². The van der Waals surface area contributed by atoms with Gasteiger partial charge in [-0.25, -0.2) is 0 Å². The van der Waals surface area contributed by atoms with Gasteiger partial charge in [0.15, 0.2) is 0 Å².